The highest BCUT2D eigenvalue weighted by molar-refractivity contribution is 5.46. The first-order valence-corrected chi connectivity index (χ1v) is 8.01. The topological polar surface area (TPSA) is 6.48 Å². The summed E-state index contributed by atoms with van der Waals surface area (Å²) in [4.78, 5) is 4.89. The standard InChI is InChI=1S/C19H23FN2/c1-16(15-17-7-5-6-10-19(17)20)21-11-13-22(14-12-21)18-8-3-2-4-9-18/h2-10,16H,11-15H2,1H3/t16-/m1/s1. The van der Waals surface area contributed by atoms with Crippen molar-refractivity contribution in [1.82, 2.24) is 4.90 Å². The quantitative estimate of drug-likeness (QED) is 0.851. The van der Waals surface area contributed by atoms with Gasteiger partial charge >= 0.3 is 0 Å². The molecule has 2 aromatic carbocycles. The predicted octanol–water partition coefficient (Wildman–Crippen LogP) is 3.58. The SMILES string of the molecule is C[C@H](Cc1ccccc1F)N1CCN(c2ccccc2)CC1. The fourth-order valence-electron chi connectivity index (χ4n) is 3.17. The Balaban J connectivity index is 1.56. The summed E-state index contributed by atoms with van der Waals surface area (Å²) in [5.74, 6) is -0.0859. The van der Waals surface area contributed by atoms with Gasteiger partial charge in [-0.25, -0.2) is 4.39 Å². The van der Waals surface area contributed by atoms with Gasteiger partial charge in [-0.2, -0.15) is 0 Å². The van der Waals surface area contributed by atoms with E-state index < -0.39 is 0 Å². The van der Waals surface area contributed by atoms with Crippen molar-refractivity contribution in [2.45, 2.75) is 19.4 Å². The Labute approximate surface area is 132 Å². The highest BCUT2D eigenvalue weighted by Gasteiger charge is 2.21. The minimum absolute atomic E-state index is 0.0859. The molecule has 0 aromatic heterocycles. The molecule has 0 amide bonds. The summed E-state index contributed by atoms with van der Waals surface area (Å²) in [6.07, 6.45) is 0.776. The summed E-state index contributed by atoms with van der Waals surface area (Å²) < 4.78 is 13.8. The second-order valence-electron chi connectivity index (χ2n) is 6.00. The largest absolute Gasteiger partial charge is 0.369 e. The van der Waals surface area contributed by atoms with Crippen molar-refractivity contribution in [3.05, 3.63) is 66.0 Å². The Kier molecular flexibility index (Phi) is 4.74. The van der Waals surface area contributed by atoms with Gasteiger partial charge in [0.05, 0.1) is 0 Å². The van der Waals surface area contributed by atoms with Crippen LogP contribution in [0.1, 0.15) is 12.5 Å². The lowest BCUT2D eigenvalue weighted by molar-refractivity contribution is 0.195. The van der Waals surface area contributed by atoms with Crippen LogP contribution in [0.25, 0.3) is 0 Å². The molecule has 1 heterocycles. The number of halogens is 1. The third kappa shape index (κ3) is 3.47. The van der Waals surface area contributed by atoms with E-state index in [-0.39, 0.29) is 5.82 Å². The minimum atomic E-state index is -0.0859. The van der Waals surface area contributed by atoms with Crippen molar-refractivity contribution < 1.29 is 4.39 Å². The number of piperazine rings is 1. The molecule has 0 spiro atoms. The first-order valence-electron chi connectivity index (χ1n) is 8.01. The molecule has 0 bridgehead atoms. The molecule has 3 heteroatoms. The molecule has 0 saturated carbocycles. The van der Waals surface area contributed by atoms with Crippen LogP contribution in [0, 0.1) is 5.82 Å². The van der Waals surface area contributed by atoms with Crippen molar-refractivity contribution >= 4 is 5.69 Å². The number of anilines is 1. The summed E-state index contributed by atoms with van der Waals surface area (Å²) in [7, 11) is 0. The second-order valence-corrected chi connectivity index (χ2v) is 6.00. The lowest BCUT2D eigenvalue weighted by Gasteiger charge is -2.39. The summed E-state index contributed by atoms with van der Waals surface area (Å²) >= 11 is 0. The van der Waals surface area contributed by atoms with E-state index in [0.717, 1.165) is 38.2 Å². The van der Waals surface area contributed by atoms with E-state index in [1.807, 2.05) is 12.1 Å². The molecule has 1 fully saturated rings. The zero-order valence-electron chi connectivity index (χ0n) is 13.1. The molecule has 22 heavy (non-hydrogen) atoms. The average Bonchev–Trinajstić information content (AvgIpc) is 2.58. The van der Waals surface area contributed by atoms with Gasteiger partial charge in [0.1, 0.15) is 5.82 Å². The molecular weight excluding hydrogens is 275 g/mol. The van der Waals surface area contributed by atoms with E-state index >= 15 is 0 Å². The molecule has 2 aromatic rings. The maximum absolute atomic E-state index is 13.8. The van der Waals surface area contributed by atoms with Crippen LogP contribution < -0.4 is 4.90 Å². The van der Waals surface area contributed by atoms with Crippen molar-refractivity contribution in [2.75, 3.05) is 31.1 Å². The van der Waals surface area contributed by atoms with Crippen LogP contribution in [0.5, 0.6) is 0 Å². The Morgan fingerprint density at radius 1 is 0.909 bits per heavy atom. The number of rotatable bonds is 4. The average molecular weight is 298 g/mol. The fourth-order valence-corrected chi connectivity index (χ4v) is 3.17. The molecule has 0 radical (unpaired) electrons. The lowest BCUT2D eigenvalue weighted by Crippen LogP contribution is -2.50. The number of hydrogen-bond donors (Lipinski definition) is 0. The van der Waals surface area contributed by atoms with Crippen LogP contribution >= 0.6 is 0 Å². The van der Waals surface area contributed by atoms with Gasteiger partial charge in [-0.3, -0.25) is 4.90 Å². The van der Waals surface area contributed by atoms with Gasteiger partial charge in [0.25, 0.3) is 0 Å². The molecule has 116 valence electrons. The number of para-hydroxylation sites is 1. The van der Waals surface area contributed by atoms with Gasteiger partial charge in [0.2, 0.25) is 0 Å². The lowest BCUT2D eigenvalue weighted by atomic mass is 10.0. The zero-order chi connectivity index (χ0) is 15.4. The van der Waals surface area contributed by atoms with Crippen LogP contribution in [0.4, 0.5) is 10.1 Å². The van der Waals surface area contributed by atoms with Crippen LogP contribution in [-0.2, 0) is 6.42 Å². The summed E-state index contributed by atoms with van der Waals surface area (Å²) in [5.41, 5.74) is 2.12. The second kappa shape index (κ2) is 6.93. The molecule has 1 aliphatic heterocycles. The molecule has 1 saturated heterocycles. The monoisotopic (exact) mass is 298 g/mol. The van der Waals surface area contributed by atoms with Gasteiger partial charge < -0.3 is 4.90 Å². The van der Waals surface area contributed by atoms with Crippen LogP contribution in [0.3, 0.4) is 0 Å². The van der Waals surface area contributed by atoms with E-state index in [9.17, 15) is 4.39 Å². The molecule has 3 rings (SSSR count). The van der Waals surface area contributed by atoms with E-state index in [1.54, 1.807) is 12.1 Å². The van der Waals surface area contributed by atoms with Gasteiger partial charge in [-0.1, -0.05) is 36.4 Å². The van der Waals surface area contributed by atoms with Crippen molar-refractivity contribution in [3.8, 4) is 0 Å². The molecule has 0 N–H and O–H groups in total. The number of nitrogens with zero attached hydrogens (tertiary/aromatic N) is 2. The van der Waals surface area contributed by atoms with Crippen LogP contribution in [-0.4, -0.2) is 37.1 Å². The first-order chi connectivity index (χ1) is 10.7. The molecule has 0 aliphatic carbocycles. The summed E-state index contributed by atoms with van der Waals surface area (Å²) in [5, 5.41) is 0. The van der Waals surface area contributed by atoms with Crippen LogP contribution in [0.2, 0.25) is 0 Å². The third-order valence-electron chi connectivity index (χ3n) is 4.53. The van der Waals surface area contributed by atoms with Gasteiger partial charge in [-0.15, -0.1) is 0 Å². The van der Waals surface area contributed by atoms with E-state index in [2.05, 4.69) is 47.1 Å². The Morgan fingerprint density at radius 3 is 2.23 bits per heavy atom. The van der Waals surface area contributed by atoms with Crippen LogP contribution in [0.15, 0.2) is 54.6 Å². The summed E-state index contributed by atoms with van der Waals surface area (Å²) in [6, 6.07) is 18.0. The van der Waals surface area contributed by atoms with Crippen molar-refractivity contribution in [1.29, 1.82) is 0 Å². The molecule has 0 unspecified atom stereocenters. The predicted molar refractivity (Wildman–Crippen MR) is 89.8 cm³/mol. The van der Waals surface area contributed by atoms with Gasteiger partial charge in [0.15, 0.2) is 0 Å². The smallest absolute Gasteiger partial charge is 0.126 e. The number of hydrogen-bond acceptors (Lipinski definition) is 2. The highest BCUT2D eigenvalue weighted by Crippen LogP contribution is 2.18. The molecule has 1 aliphatic rings. The number of benzene rings is 2. The van der Waals surface area contributed by atoms with E-state index in [4.69, 9.17) is 0 Å². The maximum Gasteiger partial charge on any atom is 0.126 e. The van der Waals surface area contributed by atoms with Crippen molar-refractivity contribution in [3.63, 3.8) is 0 Å². The Bertz CT molecular complexity index is 591. The molecular formula is C19H23FN2. The highest BCUT2D eigenvalue weighted by atomic mass is 19.1. The minimum Gasteiger partial charge on any atom is -0.369 e. The summed E-state index contributed by atoms with van der Waals surface area (Å²) in [6.45, 7) is 6.33. The van der Waals surface area contributed by atoms with Gasteiger partial charge in [-0.05, 0) is 37.1 Å². The van der Waals surface area contributed by atoms with Gasteiger partial charge in [0, 0.05) is 37.9 Å². The van der Waals surface area contributed by atoms with E-state index in [1.165, 1.54) is 5.69 Å². The third-order valence-corrected chi connectivity index (χ3v) is 4.53. The molecule has 1 atom stereocenters. The Hall–Kier alpha value is -1.87. The van der Waals surface area contributed by atoms with E-state index in [0.29, 0.717) is 6.04 Å². The Morgan fingerprint density at radius 2 is 1.55 bits per heavy atom. The maximum atomic E-state index is 13.8. The normalized spacial score (nSPS) is 17.5. The fraction of sp³-hybridized carbons (Fsp3) is 0.368. The molecule has 2 nitrogen and oxygen atoms in total. The van der Waals surface area contributed by atoms with Crippen molar-refractivity contribution in [2.24, 2.45) is 0 Å². The zero-order valence-corrected chi connectivity index (χ0v) is 13.1. The first kappa shape index (κ1) is 15.0.